The summed E-state index contributed by atoms with van der Waals surface area (Å²) in [7, 11) is 0. The molecule has 0 amide bonds. The Kier molecular flexibility index (Phi) is 45.3. The minimum atomic E-state index is 0.0249. The molecule has 0 atom stereocenters. The average molecular weight is 708 g/mol. The largest absolute Gasteiger partial charge is 0.364 e. The van der Waals surface area contributed by atoms with Gasteiger partial charge in [0, 0.05) is 26.4 Å². The van der Waals surface area contributed by atoms with Gasteiger partial charge in [0.15, 0.2) is 12.6 Å². The lowest BCUT2D eigenvalue weighted by molar-refractivity contribution is -0.148. The van der Waals surface area contributed by atoms with Gasteiger partial charge in [0.05, 0.1) is 0 Å². The van der Waals surface area contributed by atoms with Crippen LogP contribution >= 0.6 is 0 Å². The zero-order valence-corrected chi connectivity index (χ0v) is 35.8. The maximum Gasteiger partial charge on any atom is 0.364 e. The second-order valence-electron chi connectivity index (χ2n) is 15.2. The van der Waals surface area contributed by atoms with Crippen molar-refractivity contribution in [2.75, 3.05) is 26.4 Å². The molecule has 49 heavy (non-hydrogen) atoms. The van der Waals surface area contributed by atoms with E-state index in [0.717, 1.165) is 39.3 Å². The van der Waals surface area contributed by atoms with Crippen LogP contribution in [0.3, 0.4) is 0 Å². The molecular formula is C44H90MgO4. The van der Waals surface area contributed by atoms with Crippen LogP contribution in [0.2, 0.25) is 9.10 Å². The van der Waals surface area contributed by atoms with Crippen molar-refractivity contribution in [1.82, 2.24) is 0 Å². The zero-order chi connectivity index (χ0) is 35.6. The van der Waals surface area contributed by atoms with Gasteiger partial charge in [0.2, 0.25) is 0 Å². The summed E-state index contributed by atoms with van der Waals surface area (Å²) in [5, 5.41) is 0. The summed E-state index contributed by atoms with van der Waals surface area (Å²) < 4.78 is 28.0. The fourth-order valence-corrected chi connectivity index (χ4v) is 8.45. The maximum absolute atomic E-state index is 6.25. The number of unbranched alkanes of at least 4 members (excludes halogenated alkanes) is 24. The van der Waals surface area contributed by atoms with Crippen molar-refractivity contribution in [3.05, 3.63) is 0 Å². The molecule has 0 aromatic rings. The third kappa shape index (κ3) is 41.2. The van der Waals surface area contributed by atoms with Crippen LogP contribution in [0.15, 0.2) is 0 Å². The molecule has 0 rings (SSSR count). The molecule has 0 aliphatic heterocycles. The van der Waals surface area contributed by atoms with Gasteiger partial charge in [-0.1, -0.05) is 182 Å². The van der Waals surface area contributed by atoms with E-state index in [1.807, 2.05) is 0 Å². The molecule has 0 saturated heterocycles. The highest BCUT2D eigenvalue weighted by molar-refractivity contribution is 6.35. The highest BCUT2D eigenvalue weighted by Gasteiger charge is 2.11. The molecule has 0 radical (unpaired) electrons. The Bertz CT molecular complexity index is 493. The van der Waals surface area contributed by atoms with Gasteiger partial charge in [-0.15, -0.1) is 9.10 Å². The molecule has 0 aromatic carbocycles. The van der Waals surface area contributed by atoms with E-state index in [-0.39, 0.29) is 32.9 Å². The molecule has 0 aliphatic carbocycles. The van der Waals surface area contributed by atoms with E-state index in [9.17, 15) is 0 Å². The standard InChI is InChI=1S/2C22H45O2.Mg/c2*1-4-7-10-12-14-17-20-23-22(19-16-9-6-3)24-21-18-15-13-11-8-5-2;/h2*22H,3-21H2,1-2H3;. The molecule has 0 fully saturated rings. The zero-order valence-electron chi connectivity index (χ0n) is 34.4. The molecule has 4 nitrogen and oxygen atoms in total. The second-order valence-corrected chi connectivity index (χ2v) is 17.3. The van der Waals surface area contributed by atoms with Crippen molar-refractivity contribution < 1.29 is 18.9 Å². The first-order chi connectivity index (χ1) is 24.3. The Morgan fingerprint density at radius 1 is 0.286 bits per heavy atom. The number of hydrogen-bond donors (Lipinski definition) is 0. The maximum atomic E-state index is 6.25. The molecule has 0 unspecified atom stereocenters. The molecule has 5 heteroatoms. The minimum Gasteiger partial charge on any atom is -0.353 e. The minimum absolute atomic E-state index is 0.0249. The SMILES string of the molecule is CCCCCCCCOC(CCCC[CH2][Mg][CH2]CCCCC(OCCCCCCCC)OCCCCCCCC)OCCCCCCCC. The van der Waals surface area contributed by atoms with Crippen molar-refractivity contribution in [2.24, 2.45) is 0 Å². The van der Waals surface area contributed by atoms with Crippen molar-refractivity contribution >= 4 is 20.4 Å². The summed E-state index contributed by atoms with van der Waals surface area (Å²) in [4.78, 5) is 0. The van der Waals surface area contributed by atoms with Gasteiger partial charge < -0.3 is 18.9 Å². The van der Waals surface area contributed by atoms with Gasteiger partial charge in [0.25, 0.3) is 0 Å². The van der Waals surface area contributed by atoms with Crippen LogP contribution in [0.5, 0.6) is 0 Å². The molecule has 0 heterocycles. The number of hydrogen-bond acceptors (Lipinski definition) is 4. The highest BCUT2D eigenvalue weighted by Crippen LogP contribution is 2.16. The molecule has 292 valence electrons. The lowest BCUT2D eigenvalue weighted by atomic mass is 10.1. The molecule has 0 saturated carbocycles. The number of rotatable bonds is 44. The van der Waals surface area contributed by atoms with E-state index in [2.05, 4.69) is 27.7 Å². The Labute approximate surface area is 319 Å². The van der Waals surface area contributed by atoms with Crippen molar-refractivity contribution in [1.29, 1.82) is 0 Å². The molecule has 0 spiro atoms. The van der Waals surface area contributed by atoms with Crippen LogP contribution < -0.4 is 0 Å². The van der Waals surface area contributed by atoms with Crippen LogP contribution in [0, 0.1) is 0 Å². The highest BCUT2D eigenvalue weighted by atomic mass is 24.5. The quantitative estimate of drug-likeness (QED) is 0.0359. The monoisotopic (exact) mass is 707 g/mol. The van der Waals surface area contributed by atoms with Gasteiger partial charge in [0.1, 0.15) is 0 Å². The predicted molar refractivity (Wildman–Crippen MR) is 217 cm³/mol. The van der Waals surface area contributed by atoms with E-state index in [1.54, 1.807) is 0 Å². The predicted octanol–water partition coefficient (Wildman–Crippen LogP) is 14.8. The van der Waals surface area contributed by atoms with E-state index in [4.69, 9.17) is 18.9 Å². The first-order valence-corrected chi connectivity index (χ1v) is 24.7. The van der Waals surface area contributed by atoms with Crippen molar-refractivity contribution in [3.8, 4) is 0 Å². The third-order valence-electron chi connectivity index (χ3n) is 10.1. The van der Waals surface area contributed by atoms with Crippen molar-refractivity contribution in [2.45, 2.75) is 255 Å². The van der Waals surface area contributed by atoms with Crippen LogP contribution in [0.1, 0.15) is 233 Å². The molecule has 0 N–H and O–H groups in total. The van der Waals surface area contributed by atoms with E-state index in [1.165, 1.54) is 202 Å². The van der Waals surface area contributed by atoms with Crippen LogP contribution in [0.4, 0.5) is 0 Å². The topological polar surface area (TPSA) is 36.9 Å². The molecule has 0 aromatic heterocycles. The molecule has 0 aliphatic rings. The van der Waals surface area contributed by atoms with Gasteiger partial charge in [-0.3, -0.25) is 0 Å². The van der Waals surface area contributed by atoms with Gasteiger partial charge in [-0.25, -0.2) is 0 Å². The Hall–Kier alpha value is 0.606. The third-order valence-corrected chi connectivity index (χ3v) is 12.1. The molecule has 0 bridgehead atoms. The fraction of sp³-hybridized carbons (Fsp3) is 1.00. The smallest absolute Gasteiger partial charge is 0.353 e. The lowest BCUT2D eigenvalue weighted by Crippen LogP contribution is -2.19. The van der Waals surface area contributed by atoms with E-state index >= 15 is 0 Å². The first kappa shape index (κ1) is 49.6. The van der Waals surface area contributed by atoms with Gasteiger partial charge >= 0.3 is 20.4 Å². The summed E-state index contributed by atoms with van der Waals surface area (Å²) in [6.45, 7) is 12.6. The summed E-state index contributed by atoms with van der Waals surface area (Å²) in [5.74, 6) is 0. The molecular weight excluding hydrogens is 617 g/mol. The fourth-order valence-electron chi connectivity index (χ4n) is 6.68. The van der Waals surface area contributed by atoms with E-state index in [0.29, 0.717) is 0 Å². The summed E-state index contributed by atoms with van der Waals surface area (Å²) >= 11 is 0.0886. The van der Waals surface area contributed by atoms with Crippen LogP contribution in [0.25, 0.3) is 0 Å². The summed E-state index contributed by atoms with van der Waals surface area (Å²) in [5.41, 5.74) is 0. The summed E-state index contributed by atoms with van der Waals surface area (Å²) in [6, 6.07) is 0. The Morgan fingerprint density at radius 2 is 0.531 bits per heavy atom. The van der Waals surface area contributed by atoms with Crippen LogP contribution in [-0.4, -0.2) is 59.4 Å². The van der Waals surface area contributed by atoms with Crippen LogP contribution in [-0.2, 0) is 18.9 Å². The first-order valence-electron chi connectivity index (χ1n) is 22.7. The average Bonchev–Trinajstić information content (AvgIpc) is 3.11. The second kappa shape index (κ2) is 44.8. The normalized spacial score (nSPS) is 11.7. The Morgan fingerprint density at radius 3 is 0.816 bits per heavy atom. The van der Waals surface area contributed by atoms with Gasteiger partial charge in [-0.2, -0.15) is 0 Å². The van der Waals surface area contributed by atoms with Gasteiger partial charge in [-0.05, 0) is 51.4 Å². The van der Waals surface area contributed by atoms with E-state index < -0.39 is 0 Å². The lowest BCUT2D eigenvalue weighted by Gasteiger charge is -2.19. The Balaban J connectivity index is 4.07. The summed E-state index contributed by atoms with van der Waals surface area (Å²) in [6.07, 6.45) is 41.9. The van der Waals surface area contributed by atoms with Crippen molar-refractivity contribution in [3.63, 3.8) is 0 Å². The number of ether oxygens (including phenoxy) is 4.